The first-order valence-electron chi connectivity index (χ1n) is 7.37. The molecule has 0 amide bonds. The third-order valence-electron chi connectivity index (χ3n) is 4.14. The monoisotopic (exact) mass is 413 g/mol. The first-order chi connectivity index (χ1) is 11.9. The Morgan fingerprint density at radius 3 is 2.72 bits per heavy atom. The van der Waals surface area contributed by atoms with Crippen molar-refractivity contribution in [1.29, 1.82) is 0 Å². The van der Waals surface area contributed by atoms with E-state index in [1.807, 2.05) is 0 Å². The minimum atomic E-state index is -2.69. The van der Waals surface area contributed by atoms with Crippen molar-refractivity contribution in [2.24, 2.45) is 0 Å². The van der Waals surface area contributed by atoms with E-state index in [-0.39, 0.29) is 23.3 Å². The number of aromatic nitrogens is 5. The van der Waals surface area contributed by atoms with Gasteiger partial charge in [-0.25, -0.2) is 32.6 Å². The van der Waals surface area contributed by atoms with Crippen LogP contribution in [0.15, 0.2) is 23.2 Å². The molecule has 6 nitrogen and oxygen atoms in total. The van der Waals surface area contributed by atoms with Crippen molar-refractivity contribution in [3.8, 4) is 17.1 Å². The van der Waals surface area contributed by atoms with Crippen molar-refractivity contribution in [2.45, 2.75) is 24.7 Å². The summed E-state index contributed by atoms with van der Waals surface area (Å²) in [5.74, 6) is -3.37. The van der Waals surface area contributed by atoms with Gasteiger partial charge in [-0.2, -0.15) is 5.10 Å². The van der Waals surface area contributed by atoms with Crippen molar-refractivity contribution >= 4 is 21.6 Å². The molecule has 0 atom stereocenters. The van der Waals surface area contributed by atoms with E-state index in [0.717, 1.165) is 6.20 Å². The fourth-order valence-electron chi connectivity index (χ4n) is 2.90. The highest BCUT2D eigenvalue weighted by Crippen LogP contribution is 2.49. The van der Waals surface area contributed by atoms with Crippen LogP contribution in [0.4, 0.5) is 13.2 Å². The van der Waals surface area contributed by atoms with Crippen molar-refractivity contribution in [2.75, 3.05) is 7.11 Å². The van der Waals surface area contributed by atoms with Crippen molar-refractivity contribution in [3.05, 3.63) is 34.7 Å². The predicted molar refractivity (Wildman–Crippen MR) is 85.1 cm³/mol. The van der Waals surface area contributed by atoms with Gasteiger partial charge in [0.2, 0.25) is 5.92 Å². The standard InChI is InChI=1S/C15H11BrF3N5O/c1-25-10-2-11-20-6-9(13-8(17)5-21-14(16)22-13)24(11)23-12(10)7-3-15(18,19)4-7/h2,5-7H,3-4H2,1H3. The van der Waals surface area contributed by atoms with Crippen LogP contribution in [-0.4, -0.2) is 37.6 Å². The molecule has 3 aromatic heterocycles. The van der Waals surface area contributed by atoms with Gasteiger partial charge in [0.25, 0.3) is 0 Å². The van der Waals surface area contributed by atoms with Gasteiger partial charge in [-0.3, -0.25) is 0 Å². The Morgan fingerprint density at radius 1 is 1.28 bits per heavy atom. The van der Waals surface area contributed by atoms with Crippen LogP contribution in [0, 0.1) is 5.82 Å². The van der Waals surface area contributed by atoms with Gasteiger partial charge in [-0.15, -0.1) is 0 Å². The van der Waals surface area contributed by atoms with Gasteiger partial charge in [-0.1, -0.05) is 0 Å². The highest BCUT2D eigenvalue weighted by atomic mass is 79.9. The fraction of sp³-hybridized carbons (Fsp3) is 0.333. The summed E-state index contributed by atoms with van der Waals surface area (Å²) in [6, 6.07) is 1.59. The zero-order valence-corrected chi connectivity index (χ0v) is 14.5. The number of hydrogen-bond donors (Lipinski definition) is 0. The van der Waals surface area contributed by atoms with Gasteiger partial charge >= 0.3 is 0 Å². The quantitative estimate of drug-likeness (QED) is 0.613. The lowest BCUT2D eigenvalue weighted by Crippen LogP contribution is -2.34. The third-order valence-corrected chi connectivity index (χ3v) is 4.52. The maximum atomic E-state index is 14.1. The summed E-state index contributed by atoms with van der Waals surface area (Å²) in [5.41, 5.74) is 1.10. The zero-order valence-electron chi connectivity index (χ0n) is 12.9. The molecule has 0 aliphatic heterocycles. The van der Waals surface area contributed by atoms with E-state index < -0.39 is 17.7 Å². The molecule has 130 valence electrons. The molecule has 1 aliphatic carbocycles. The topological polar surface area (TPSA) is 65.2 Å². The second-order valence-corrected chi connectivity index (χ2v) is 6.52. The summed E-state index contributed by atoms with van der Waals surface area (Å²) in [6.45, 7) is 0. The predicted octanol–water partition coefficient (Wildman–Crippen LogP) is 3.61. The number of methoxy groups -OCH3 is 1. The second kappa shape index (κ2) is 5.65. The van der Waals surface area contributed by atoms with Crippen LogP contribution in [-0.2, 0) is 0 Å². The minimum Gasteiger partial charge on any atom is -0.495 e. The molecular formula is C15H11BrF3N5O. The van der Waals surface area contributed by atoms with E-state index in [9.17, 15) is 13.2 Å². The van der Waals surface area contributed by atoms with E-state index in [4.69, 9.17) is 4.74 Å². The zero-order chi connectivity index (χ0) is 17.8. The Bertz CT molecular complexity index is 969. The average Bonchev–Trinajstić information content (AvgIpc) is 2.96. The molecule has 1 saturated carbocycles. The second-order valence-electron chi connectivity index (χ2n) is 5.81. The van der Waals surface area contributed by atoms with Crippen LogP contribution >= 0.6 is 15.9 Å². The molecule has 0 radical (unpaired) electrons. The van der Waals surface area contributed by atoms with E-state index >= 15 is 0 Å². The Balaban J connectivity index is 1.86. The van der Waals surface area contributed by atoms with Crippen molar-refractivity contribution in [1.82, 2.24) is 24.6 Å². The molecule has 0 saturated heterocycles. The Kier molecular flexibility index (Phi) is 3.67. The number of halogens is 4. The number of alkyl halides is 2. The molecule has 0 unspecified atom stereocenters. The van der Waals surface area contributed by atoms with Crippen LogP contribution < -0.4 is 4.74 Å². The lowest BCUT2D eigenvalue weighted by atomic mass is 9.79. The maximum Gasteiger partial charge on any atom is 0.249 e. The SMILES string of the molecule is COc1cc2ncc(-c3nc(Br)ncc3F)n2nc1C1CC(F)(F)C1. The largest absolute Gasteiger partial charge is 0.495 e. The van der Waals surface area contributed by atoms with E-state index in [1.54, 1.807) is 6.07 Å². The number of rotatable bonds is 3. The van der Waals surface area contributed by atoms with Gasteiger partial charge in [0.05, 0.1) is 19.5 Å². The van der Waals surface area contributed by atoms with Crippen LogP contribution in [0.2, 0.25) is 0 Å². The lowest BCUT2D eigenvalue weighted by Gasteiger charge is -2.34. The molecule has 25 heavy (non-hydrogen) atoms. The van der Waals surface area contributed by atoms with Crippen molar-refractivity contribution < 1.29 is 17.9 Å². The minimum absolute atomic E-state index is 0.0110. The molecule has 0 bridgehead atoms. The van der Waals surface area contributed by atoms with Gasteiger partial charge in [0.1, 0.15) is 22.8 Å². The molecule has 1 fully saturated rings. The molecule has 0 aromatic carbocycles. The number of ether oxygens (including phenoxy) is 1. The van der Waals surface area contributed by atoms with Crippen molar-refractivity contribution in [3.63, 3.8) is 0 Å². The lowest BCUT2D eigenvalue weighted by molar-refractivity contribution is -0.0881. The van der Waals surface area contributed by atoms with Gasteiger partial charge in [0, 0.05) is 24.8 Å². The molecular weight excluding hydrogens is 403 g/mol. The molecule has 3 aromatic rings. The molecule has 4 rings (SSSR count). The summed E-state index contributed by atoms with van der Waals surface area (Å²) in [5, 5.41) is 4.39. The van der Waals surface area contributed by atoms with E-state index in [2.05, 4.69) is 36.0 Å². The van der Waals surface area contributed by atoms with Gasteiger partial charge in [-0.05, 0) is 15.9 Å². The summed E-state index contributed by atoms with van der Waals surface area (Å²) in [7, 11) is 1.44. The number of nitrogens with zero attached hydrogens (tertiary/aromatic N) is 5. The van der Waals surface area contributed by atoms with E-state index in [0.29, 0.717) is 22.8 Å². The Labute approximate surface area is 148 Å². The highest BCUT2D eigenvalue weighted by Gasteiger charge is 2.47. The summed E-state index contributed by atoms with van der Waals surface area (Å²) in [6.07, 6.45) is 1.86. The Hall–Kier alpha value is -2.23. The van der Waals surface area contributed by atoms with Crippen LogP contribution in [0.3, 0.4) is 0 Å². The number of hydrogen-bond acceptors (Lipinski definition) is 5. The van der Waals surface area contributed by atoms with Gasteiger partial charge in [0.15, 0.2) is 16.2 Å². The third kappa shape index (κ3) is 2.74. The molecule has 10 heteroatoms. The summed E-state index contributed by atoms with van der Waals surface area (Å²) >= 11 is 3.10. The van der Waals surface area contributed by atoms with Crippen LogP contribution in [0.1, 0.15) is 24.5 Å². The highest BCUT2D eigenvalue weighted by molar-refractivity contribution is 9.10. The molecule has 0 spiro atoms. The first-order valence-corrected chi connectivity index (χ1v) is 8.16. The molecule has 0 N–H and O–H groups in total. The summed E-state index contributed by atoms with van der Waals surface area (Å²) < 4.78 is 47.5. The fourth-order valence-corrected chi connectivity index (χ4v) is 3.18. The molecule has 1 aliphatic rings. The molecule has 3 heterocycles. The summed E-state index contributed by atoms with van der Waals surface area (Å²) in [4.78, 5) is 11.9. The van der Waals surface area contributed by atoms with Crippen LogP contribution in [0.5, 0.6) is 5.75 Å². The van der Waals surface area contributed by atoms with E-state index in [1.165, 1.54) is 17.8 Å². The van der Waals surface area contributed by atoms with Crippen LogP contribution in [0.25, 0.3) is 17.0 Å². The Morgan fingerprint density at radius 2 is 2.04 bits per heavy atom. The average molecular weight is 414 g/mol. The van der Waals surface area contributed by atoms with Gasteiger partial charge < -0.3 is 4.74 Å². The number of fused-ring (bicyclic) bond motifs is 1. The first kappa shape index (κ1) is 16.2. The smallest absolute Gasteiger partial charge is 0.249 e. The number of imidazole rings is 1. The normalized spacial score (nSPS) is 16.8. The maximum absolute atomic E-state index is 14.1.